The Balaban J connectivity index is 1.72. The minimum absolute atomic E-state index is 0.322. The van der Waals surface area contributed by atoms with Crippen LogP contribution in [0.4, 0.5) is 0 Å². The lowest BCUT2D eigenvalue weighted by Crippen LogP contribution is -2.41. The zero-order valence-electron chi connectivity index (χ0n) is 18.0. The van der Waals surface area contributed by atoms with Crippen LogP contribution >= 0.6 is 0 Å². The molecule has 0 spiro atoms. The maximum atomic E-state index is 6.21. The molecule has 1 heterocycles. The molecule has 1 fully saturated rings. The smallest absolute Gasteiger partial charge is 0.399 e. The van der Waals surface area contributed by atoms with Crippen molar-refractivity contribution >= 4 is 23.4 Å². The van der Waals surface area contributed by atoms with Crippen molar-refractivity contribution in [2.45, 2.75) is 59.7 Å². The van der Waals surface area contributed by atoms with Gasteiger partial charge in [0.05, 0.1) is 11.2 Å². The lowest BCUT2D eigenvalue weighted by atomic mass is 9.78. The van der Waals surface area contributed by atoms with E-state index < -0.39 is 0 Å². The third-order valence-corrected chi connectivity index (χ3v) is 6.36. The second-order valence-corrected chi connectivity index (χ2v) is 9.18. The predicted octanol–water partition coefficient (Wildman–Crippen LogP) is 5.73. The molecule has 1 aliphatic rings. The van der Waals surface area contributed by atoms with Crippen molar-refractivity contribution in [3.05, 3.63) is 65.2 Å². The SMILES string of the molecule is Cc1cc(C)c(-c2ccc3cc(B4OC(C)(C)C(C)(C)O4)ccc3c2)c(C)c1. The fourth-order valence-electron chi connectivity index (χ4n) is 4.18. The van der Waals surface area contributed by atoms with E-state index in [1.807, 2.05) is 0 Å². The van der Waals surface area contributed by atoms with Crippen LogP contribution < -0.4 is 5.46 Å². The van der Waals surface area contributed by atoms with Crippen LogP contribution in [-0.4, -0.2) is 18.3 Å². The van der Waals surface area contributed by atoms with Crippen LogP contribution in [0.1, 0.15) is 44.4 Å². The van der Waals surface area contributed by atoms with Crippen molar-refractivity contribution in [2.75, 3.05) is 0 Å². The Morgan fingerprint density at radius 1 is 0.679 bits per heavy atom. The van der Waals surface area contributed by atoms with Crippen LogP contribution in [0, 0.1) is 20.8 Å². The highest BCUT2D eigenvalue weighted by atomic mass is 16.7. The molecule has 0 unspecified atom stereocenters. The summed E-state index contributed by atoms with van der Waals surface area (Å²) in [6.45, 7) is 14.9. The number of hydrogen-bond donors (Lipinski definition) is 0. The quantitative estimate of drug-likeness (QED) is 0.535. The highest BCUT2D eigenvalue weighted by Crippen LogP contribution is 2.37. The van der Waals surface area contributed by atoms with Crippen LogP contribution in [0.15, 0.2) is 48.5 Å². The van der Waals surface area contributed by atoms with Crippen molar-refractivity contribution in [2.24, 2.45) is 0 Å². The maximum absolute atomic E-state index is 6.21. The lowest BCUT2D eigenvalue weighted by molar-refractivity contribution is 0.00578. The van der Waals surface area contributed by atoms with Gasteiger partial charge in [0.25, 0.3) is 0 Å². The van der Waals surface area contributed by atoms with Crippen molar-refractivity contribution in [1.82, 2.24) is 0 Å². The van der Waals surface area contributed by atoms with Crippen LogP contribution in [0.5, 0.6) is 0 Å². The van der Waals surface area contributed by atoms with E-state index in [0.29, 0.717) is 0 Å². The summed E-state index contributed by atoms with van der Waals surface area (Å²) < 4.78 is 12.4. The van der Waals surface area contributed by atoms with Gasteiger partial charge in [-0.25, -0.2) is 0 Å². The average molecular weight is 372 g/mol. The van der Waals surface area contributed by atoms with E-state index in [2.05, 4.69) is 97.0 Å². The second kappa shape index (κ2) is 6.47. The first-order valence-corrected chi connectivity index (χ1v) is 10.0. The van der Waals surface area contributed by atoms with Gasteiger partial charge in [-0.3, -0.25) is 0 Å². The molecule has 3 heteroatoms. The van der Waals surface area contributed by atoms with Crippen molar-refractivity contribution < 1.29 is 9.31 Å². The average Bonchev–Trinajstić information content (AvgIpc) is 2.81. The van der Waals surface area contributed by atoms with Gasteiger partial charge < -0.3 is 9.31 Å². The van der Waals surface area contributed by atoms with Crippen LogP contribution in [0.3, 0.4) is 0 Å². The maximum Gasteiger partial charge on any atom is 0.494 e. The molecule has 0 saturated carbocycles. The fourth-order valence-corrected chi connectivity index (χ4v) is 4.18. The summed E-state index contributed by atoms with van der Waals surface area (Å²) in [5, 5.41) is 2.44. The fraction of sp³-hybridized carbons (Fsp3) is 0.360. The largest absolute Gasteiger partial charge is 0.494 e. The summed E-state index contributed by atoms with van der Waals surface area (Å²) >= 11 is 0. The van der Waals surface area contributed by atoms with Crippen LogP contribution in [0.25, 0.3) is 21.9 Å². The van der Waals surface area contributed by atoms with Gasteiger partial charge in [-0.15, -0.1) is 0 Å². The molecule has 28 heavy (non-hydrogen) atoms. The molecule has 0 aliphatic carbocycles. The summed E-state index contributed by atoms with van der Waals surface area (Å²) in [5.74, 6) is 0. The summed E-state index contributed by atoms with van der Waals surface area (Å²) in [5.41, 5.74) is 6.99. The van der Waals surface area contributed by atoms with Crippen LogP contribution in [0.2, 0.25) is 0 Å². The second-order valence-electron chi connectivity index (χ2n) is 9.18. The minimum Gasteiger partial charge on any atom is -0.399 e. The molecular weight excluding hydrogens is 343 g/mol. The molecule has 3 aromatic rings. The monoisotopic (exact) mass is 372 g/mol. The van der Waals surface area contributed by atoms with E-state index >= 15 is 0 Å². The zero-order valence-corrected chi connectivity index (χ0v) is 18.0. The normalized spacial score (nSPS) is 18.0. The molecule has 0 atom stereocenters. The van der Waals surface area contributed by atoms with E-state index in [0.717, 1.165) is 5.46 Å². The zero-order chi connectivity index (χ0) is 20.3. The number of fused-ring (bicyclic) bond motifs is 1. The van der Waals surface area contributed by atoms with Crippen molar-refractivity contribution in [1.29, 1.82) is 0 Å². The van der Waals surface area contributed by atoms with E-state index in [9.17, 15) is 0 Å². The summed E-state index contributed by atoms with van der Waals surface area (Å²) in [6.07, 6.45) is 0. The Hall–Kier alpha value is -2.10. The topological polar surface area (TPSA) is 18.5 Å². The van der Waals surface area contributed by atoms with Gasteiger partial charge in [-0.05, 0) is 93.0 Å². The van der Waals surface area contributed by atoms with Crippen molar-refractivity contribution in [3.63, 3.8) is 0 Å². The molecule has 1 saturated heterocycles. The Morgan fingerprint density at radius 2 is 1.21 bits per heavy atom. The van der Waals surface area contributed by atoms with Gasteiger partial charge >= 0.3 is 7.12 Å². The molecule has 0 N–H and O–H groups in total. The molecule has 2 nitrogen and oxygen atoms in total. The molecule has 0 aromatic heterocycles. The molecule has 0 amide bonds. The Bertz CT molecular complexity index is 1030. The number of aryl methyl sites for hydroxylation is 3. The van der Waals surface area contributed by atoms with E-state index in [-0.39, 0.29) is 18.3 Å². The Morgan fingerprint density at radius 3 is 1.82 bits per heavy atom. The minimum atomic E-state index is -0.323. The number of benzene rings is 3. The molecule has 4 rings (SSSR count). The van der Waals surface area contributed by atoms with Crippen molar-refractivity contribution in [3.8, 4) is 11.1 Å². The van der Waals surface area contributed by atoms with Gasteiger partial charge in [0, 0.05) is 0 Å². The third-order valence-electron chi connectivity index (χ3n) is 6.36. The van der Waals surface area contributed by atoms with Gasteiger partial charge in [0.15, 0.2) is 0 Å². The Kier molecular flexibility index (Phi) is 4.44. The third kappa shape index (κ3) is 3.17. The first kappa shape index (κ1) is 19.2. The first-order chi connectivity index (χ1) is 13.1. The molecule has 0 radical (unpaired) electrons. The molecule has 1 aliphatic heterocycles. The van der Waals surface area contributed by atoms with E-state index in [1.54, 1.807) is 0 Å². The van der Waals surface area contributed by atoms with E-state index in [1.165, 1.54) is 38.6 Å². The molecule has 0 bridgehead atoms. The summed E-state index contributed by atoms with van der Waals surface area (Å²) in [7, 11) is -0.323. The number of rotatable bonds is 2. The summed E-state index contributed by atoms with van der Waals surface area (Å²) in [4.78, 5) is 0. The Labute approximate surface area is 169 Å². The molecular formula is C25H29BO2. The predicted molar refractivity (Wildman–Crippen MR) is 119 cm³/mol. The highest BCUT2D eigenvalue weighted by Gasteiger charge is 2.51. The first-order valence-electron chi connectivity index (χ1n) is 10.0. The molecule has 3 aromatic carbocycles. The van der Waals surface area contributed by atoms with Gasteiger partial charge in [-0.1, -0.05) is 48.0 Å². The van der Waals surface area contributed by atoms with Gasteiger partial charge in [0.2, 0.25) is 0 Å². The van der Waals surface area contributed by atoms with E-state index in [4.69, 9.17) is 9.31 Å². The van der Waals surface area contributed by atoms with Crippen LogP contribution in [-0.2, 0) is 9.31 Å². The number of hydrogen-bond acceptors (Lipinski definition) is 2. The highest BCUT2D eigenvalue weighted by molar-refractivity contribution is 6.62. The summed E-state index contributed by atoms with van der Waals surface area (Å²) in [6, 6.07) is 17.7. The van der Waals surface area contributed by atoms with Gasteiger partial charge in [-0.2, -0.15) is 0 Å². The van der Waals surface area contributed by atoms with Gasteiger partial charge in [0.1, 0.15) is 0 Å². The standard InChI is InChI=1S/C25H29BO2/c1-16-12-17(2)23(18(3)13-16)21-9-8-20-15-22(11-10-19(20)14-21)26-27-24(4,5)25(6,7)28-26/h8-15H,1-7H3. The lowest BCUT2D eigenvalue weighted by Gasteiger charge is -2.32. The molecule has 144 valence electrons.